The second-order valence-corrected chi connectivity index (χ2v) is 12.0. The highest BCUT2D eigenvalue weighted by atomic mass is 16.3. The van der Waals surface area contributed by atoms with Crippen molar-refractivity contribution >= 4 is 54.6 Å². The van der Waals surface area contributed by atoms with Crippen LogP contribution in [0.25, 0.3) is 99.9 Å². The quantitative estimate of drug-likeness (QED) is 0.197. The first-order chi connectivity index (χ1) is 23.7. The Balaban J connectivity index is 1.20. The van der Waals surface area contributed by atoms with E-state index in [-0.39, 0.29) is 0 Å². The second kappa shape index (κ2) is 10.5. The van der Waals surface area contributed by atoms with Gasteiger partial charge in [0.05, 0.1) is 0 Å². The summed E-state index contributed by atoms with van der Waals surface area (Å²) < 4.78 is 12.6. The molecule has 224 valence electrons. The van der Waals surface area contributed by atoms with Crippen molar-refractivity contribution < 1.29 is 8.83 Å². The van der Waals surface area contributed by atoms with E-state index in [4.69, 9.17) is 23.8 Å². The van der Waals surface area contributed by atoms with Gasteiger partial charge >= 0.3 is 0 Å². The molecule has 0 radical (unpaired) electrons. The average molecular weight is 616 g/mol. The van der Waals surface area contributed by atoms with E-state index in [1.54, 1.807) is 0 Å². The molecule has 0 saturated carbocycles. The number of benzene rings is 7. The van der Waals surface area contributed by atoms with Gasteiger partial charge in [0.15, 0.2) is 17.5 Å². The number of furan rings is 2. The van der Waals surface area contributed by atoms with Gasteiger partial charge < -0.3 is 8.83 Å². The zero-order valence-electron chi connectivity index (χ0n) is 25.6. The molecule has 0 amide bonds. The van der Waals surface area contributed by atoms with E-state index in [0.717, 1.165) is 82.5 Å². The maximum atomic E-state index is 6.45. The zero-order valence-corrected chi connectivity index (χ0v) is 25.6. The molecular formula is C43H25N3O2. The van der Waals surface area contributed by atoms with Gasteiger partial charge in [0, 0.05) is 38.2 Å². The van der Waals surface area contributed by atoms with Gasteiger partial charge in [0.2, 0.25) is 0 Å². The van der Waals surface area contributed by atoms with Crippen LogP contribution in [0.4, 0.5) is 0 Å². The molecule has 3 aromatic heterocycles. The van der Waals surface area contributed by atoms with E-state index < -0.39 is 0 Å². The summed E-state index contributed by atoms with van der Waals surface area (Å²) in [4.78, 5) is 15.3. The number of para-hydroxylation sites is 1. The number of aromatic nitrogens is 3. The fraction of sp³-hybridized carbons (Fsp3) is 0. The van der Waals surface area contributed by atoms with Crippen molar-refractivity contribution in [3.05, 3.63) is 152 Å². The van der Waals surface area contributed by atoms with Crippen LogP contribution in [-0.2, 0) is 0 Å². The van der Waals surface area contributed by atoms with E-state index in [1.165, 1.54) is 0 Å². The molecule has 0 spiro atoms. The highest BCUT2D eigenvalue weighted by molar-refractivity contribution is 6.12. The van der Waals surface area contributed by atoms with Crippen LogP contribution in [0, 0.1) is 0 Å². The maximum Gasteiger partial charge on any atom is 0.164 e. The Labute approximate surface area is 274 Å². The summed E-state index contributed by atoms with van der Waals surface area (Å²) in [5.41, 5.74) is 8.23. The normalized spacial score (nSPS) is 11.8. The van der Waals surface area contributed by atoms with Crippen molar-refractivity contribution in [2.24, 2.45) is 0 Å². The largest absolute Gasteiger partial charge is 0.456 e. The van der Waals surface area contributed by atoms with Crippen LogP contribution in [0.3, 0.4) is 0 Å². The molecule has 10 aromatic rings. The first kappa shape index (κ1) is 26.6. The van der Waals surface area contributed by atoms with Crippen LogP contribution in [0.2, 0.25) is 0 Å². The number of rotatable bonds is 4. The average Bonchev–Trinajstić information content (AvgIpc) is 3.72. The molecule has 0 aliphatic heterocycles. The summed E-state index contributed by atoms with van der Waals surface area (Å²) in [6.07, 6.45) is 0. The zero-order chi connectivity index (χ0) is 31.6. The lowest BCUT2D eigenvalue weighted by Gasteiger charge is -2.10. The lowest BCUT2D eigenvalue weighted by Crippen LogP contribution is -2.00. The van der Waals surface area contributed by atoms with E-state index in [2.05, 4.69) is 103 Å². The Hall–Kier alpha value is -6.59. The Morgan fingerprint density at radius 2 is 1.00 bits per heavy atom. The van der Waals surface area contributed by atoms with E-state index in [1.807, 2.05) is 48.5 Å². The van der Waals surface area contributed by atoms with Crippen molar-refractivity contribution in [1.82, 2.24) is 15.0 Å². The smallest absolute Gasteiger partial charge is 0.164 e. The minimum absolute atomic E-state index is 0.584. The Kier molecular flexibility index (Phi) is 5.81. The van der Waals surface area contributed by atoms with Crippen molar-refractivity contribution in [2.75, 3.05) is 0 Å². The molecule has 5 heteroatoms. The standard InChI is InChI=1S/C43H25N3O2/c1-2-9-26(10-3-1)29-19-21-33-39(25-29)48-38-16-8-14-34(40(33)38)43-45-41(30-18-17-27-11-4-5-12-28(27)23-30)44-42(46-43)31-20-22-37-35(24-31)32-13-6-7-15-36(32)47-37/h1-25H. The van der Waals surface area contributed by atoms with Crippen LogP contribution in [-0.4, -0.2) is 15.0 Å². The third-order valence-corrected chi connectivity index (χ3v) is 9.12. The minimum Gasteiger partial charge on any atom is -0.456 e. The monoisotopic (exact) mass is 615 g/mol. The SMILES string of the molecule is c1ccc(-c2ccc3c(c2)oc2cccc(-c4nc(-c5ccc6ccccc6c5)nc(-c5ccc6oc7ccccc7c6c5)n4)c23)cc1. The van der Waals surface area contributed by atoms with Crippen molar-refractivity contribution in [3.63, 3.8) is 0 Å². The molecule has 0 unspecified atom stereocenters. The summed E-state index contributed by atoms with van der Waals surface area (Å²) in [5, 5.41) is 6.36. The van der Waals surface area contributed by atoms with Gasteiger partial charge in [-0.2, -0.15) is 0 Å². The molecule has 0 bridgehead atoms. The lowest BCUT2D eigenvalue weighted by atomic mass is 10.0. The predicted octanol–water partition coefficient (Wildman–Crippen LogP) is 11.5. The van der Waals surface area contributed by atoms with E-state index in [0.29, 0.717) is 17.5 Å². The van der Waals surface area contributed by atoms with Crippen molar-refractivity contribution in [2.45, 2.75) is 0 Å². The molecule has 10 rings (SSSR count). The third-order valence-electron chi connectivity index (χ3n) is 9.12. The fourth-order valence-electron chi connectivity index (χ4n) is 6.77. The van der Waals surface area contributed by atoms with Crippen LogP contribution in [0.5, 0.6) is 0 Å². The molecular weight excluding hydrogens is 590 g/mol. The summed E-state index contributed by atoms with van der Waals surface area (Å²) in [6.45, 7) is 0. The van der Waals surface area contributed by atoms with Gasteiger partial charge in [-0.3, -0.25) is 0 Å². The predicted molar refractivity (Wildman–Crippen MR) is 194 cm³/mol. The third kappa shape index (κ3) is 4.29. The molecule has 0 fully saturated rings. The van der Waals surface area contributed by atoms with Gasteiger partial charge in [-0.25, -0.2) is 15.0 Å². The lowest BCUT2D eigenvalue weighted by molar-refractivity contribution is 0.668. The summed E-state index contributed by atoms with van der Waals surface area (Å²) in [6, 6.07) is 51.7. The fourth-order valence-corrected chi connectivity index (χ4v) is 6.77. The molecule has 0 aliphatic carbocycles. The molecule has 0 saturated heterocycles. The molecule has 0 aliphatic rings. The van der Waals surface area contributed by atoms with E-state index >= 15 is 0 Å². The summed E-state index contributed by atoms with van der Waals surface area (Å²) in [5.74, 6) is 1.78. The summed E-state index contributed by atoms with van der Waals surface area (Å²) >= 11 is 0. The summed E-state index contributed by atoms with van der Waals surface area (Å²) in [7, 11) is 0. The second-order valence-electron chi connectivity index (χ2n) is 12.0. The molecule has 0 atom stereocenters. The highest BCUT2D eigenvalue weighted by Crippen LogP contribution is 2.39. The van der Waals surface area contributed by atoms with Gasteiger partial charge in [-0.05, 0) is 70.4 Å². The Morgan fingerprint density at radius 3 is 1.90 bits per heavy atom. The molecule has 48 heavy (non-hydrogen) atoms. The number of nitrogens with zero attached hydrogens (tertiary/aromatic N) is 3. The van der Waals surface area contributed by atoms with Gasteiger partial charge in [0.25, 0.3) is 0 Å². The van der Waals surface area contributed by atoms with Crippen LogP contribution >= 0.6 is 0 Å². The van der Waals surface area contributed by atoms with Crippen LogP contribution < -0.4 is 0 Å². The number of hydrogen-bond donors (Lipinski definition) is 0. The van der Waals surface area contributed by atoms with Crippen molar-refractivity contribution in [1.29, 1.82) is 0 Å². The van der Waals surface area contributed by atoms with Crippen LogP contribution in [0.1, 0.15) is 0 Å². The first-order valence-electron chi connectivity index (χ1n) is 15.9. The number of fused-ring (bicyclic) bond motifs is 7. The maximum absolute atomic E-state index is 6.45. The van der Waals surface area contributed by atoms with Crippen molar-refractivity contribution in [3.8, 4) is 45.3 Å². The van der Waals surface area contributed by atoms with Gasteiger partial charge in [0.1, 0.15) is 22.3 Å². The van der Waals surface area contributed by atoms with Crippen LogP contribution in [0.15, 0.2) is 160 Å². The Morgan fingerprint density at radius 1 is 0.333 bits per heavy atom. The molecule has 3 heterocycles. The first-order valence-corrected chi connectivity index (χ1v) is 15.9. The Bertz CT molecular complexity index is 2850. The topological polar surface area (TPSA) is 65.0 Å². The van der Waals surface area contributed by atoms with Gasteiger partial charge in [-0.15, -0.1) is 0 Å². The molecule has 7 aromatic carbocycles. The highest BCUT2D eigenvalue weighted by Gasteiger charge is 2.19. The van der Waals surface area contributed by atoms with Gasteiger partial charge in [-0.1, -0.05) is 103 Å². The molecule has 0 N–H and O–H groups in total. The number of hydrogen-bond acceptors (Lipinski definition) is 5. The minimum atomic E-state index is 0.584. The molecule has 5 nitrogen and oxygen atoms in total. The van der Waals surface area contributed by atoms with E-state index in [9.17, 15) is 0 Å².